The maximum atomic E-state index is 9.86. The molecular formula is C8H14O3. The summed E-state index contributed by atoms with van der Waals surface area (Å²) in [5.41, 5.74) is 0.389. The molecule has 3 nitrogen and oxygen atoms in total. The molecule has 1 N–H and O–H groups in total. The van der Waals surface area contributed by atoms with Gasteiger partial charge in [-0.3, -0.25) is 0 Å². The van der Waals surface area contributed by atoms with Crippen LogP contribution in [0.15, 0.2) is 11.6 Å². The van der Waals surface area contributed by atoms with Gasteiger partial charge >= 0.3 is 5.97 Å². The highest BCUT2D eigenvalue weighted by Crippen LogP contribution is 2.04. The zero-order valence-electron chi connectivity index (χ0n) is 7.13. The molecule has 1 saturated heterocycles. The fourth-order valence-electron chi connectivity index (χ4n) is 0.220. The van der Waals surface area contributed by atoms with E-state index >= 15 is 0 Å². The fraction of sp³-hybridized carbons (Fsp3) is 0.625. The van der Waals surface area contributed by atoms with E-state index in [4.69, 9.17) is 9.84 Å². The van der Waals surface area contributed by atoms with Gasteiger partial charge in [-0.2, -0.15) is 0 Å². The van der Waals surface area contributed by atoms with Crippen LogP contribution in [0.5, 0.6) is 0 Å². The van der Waals surface area contributed by atoms with Crippen molar-refractivity contribution in [1.29, 1.82) is 0 Å². The molecule has 64 valence electrons. The van der Waals surface area contributed by atoms with Crippen LogP contribution in [0.2, 0.25) is 0 Å². The number of aliphatic carboxylic acids is 1. The van der Waals surface area contributed by atoms with Crippen molar-refractivity contribution in [2.45, 2.75) is 26.9 Å². The Morgan fingerprint density at radius 3 is 2.09 bits per heavy atom. The van der Waals surface area contributed by atoms with E-state index in [0.29, 0.717) is 11.7 Å². The van der Waals surface area contributed by atoms with Crippen molar-refractivity contribution in [3.05, 3.63) is 11.6 Å². The molecule has 0 aromatic heterocycles. The molecule has 0 radical (unpaired) electrons. The lowest BCUT2D eigenvalue weighted by atomic mass is 10.3. The summed E-state index contributed by atoms with van der Waals surface area (Å²) in [6.45, 7) is 6.30. The van der Waals surface area contributed by atoms with Crippen molar-refractivity contribution in [2.24, 2.45) is 0 Å². The predicted molar refractivity (Wildman–Crippen MR) is 42.5 cm³/mol. The van der Waals surface area contributed by atoms with Gasteiger partial charge in [0.15, 0.2) is 0 Å². The number of hydrogen-bond donors (Lipinski definition) is 1. The quantitative estimate of drug-likeness (QED) is 0.464. The number of epoxide rings is 1. The lowest BCUT2D eigenvalue weighted by Crippen LogP contribution is -1.93. The average Bonchev–Trinajstić information content (AvgIpc) is 2.71. The molecule has 1 unspecified atom stereocenters. The van der Waals surface area contributed by atoms with Gasteiger partial charge < -0.3 is 9.84 Å². The first-order valence-electron chi connectivity index (χ1n) is 3.55. The van der Waals surface area contributed by atoms with Gasteiger partial charge in [-0.25, -0.2) is 4.79 Å². The molecule has 0 aromatic carbocycles. The van der Waals surface area contributed by atoms with Gasteiger partial charge in [-0.05, 0) is 20.8 Å². The maximum absolute atomic E-state index is 9.86. The van der Waals surface area contributed by atoms with E-state index in [0.717, 1.165) is 6.61 Å². The van der Waals surface area contributed by atoms with Gasteiger partial charge in [0.25, 0.3) is 0 Å². The molecule has 1 heterocycles. The second-order valence-electron chi connectivity index (χ2n) is 2.42. The Morgan fingerprint density at radius 2 is 2.09 bits per heavy atom. The molecule has 0 bridgehead atoms. The summed E-state index contributed by atoms with van der Waals surface area (Å²) in [5, 5.41) is 8.11. The Balaban J connectivity index is 0.000000207. The lowest BCUT2D eigenvalue weighted by molar-refractivity contribution is -0.132. The Labute approximate surface area is 66.7 Å². The molecule has 3 heteroatoms. The van der Waals surface area contributed by atoms with Crippen molar-refractivity contribution in [3.63, 3.8) is 0 Å². The molecule has 1 rings (SSSR count). The smallest absolute Gasteiger partial charge is 0.330 e. The highest BCUT2D eigenvalue weighted by atomic mass is 16.6. The zero-order chi connectivity index (χ0) is 8.85. The predicted octanol–water partition coefficient (Wildman–Crippen LogP) is 1.44. The van der Waals surface area contributed by atoms with E-state index in [9.17, 15) is 4.79 Å². The normalized spacial score (nSPS) is 21.7. The van der Waals surface area contributed by atoms with Crippen molar-refractivity contribution in [2.75, 3.05) is 6.61 Å². The molecule has 0 amide bonds. The Bertz CT molecular complexity index is 157. The highest BCUT2D eigenvalue weighted by molar-refractivity contribution is 5.85. The summed E-state index contributed by atoms with van der Waals surface area (Å²) < 4.78 is 4.71. The molecule has 0 saturated carbocycles. The third-order valence-corrected chi connectivity index (χ3v) is 1.27. The van der Waals surface area contributed by atoms with Crippen molar-refractivity contribution in [1.82, 2.24) is 0 Å². The van der Waals surface area contributed by atoms with Gasteiger partial charge in [-0.15, -0.1) is 0 Å². The molecule has 11 heavy (non-hydrogen) atoms. The molecule has 1 aliphatic heterocycles. The van der Waals surface area contributed by atoms with Gasteiger partial charge in [0.05, 0.1) is 12.7 Å². The topological polar surface area (TPSA) is 49.8 Å². The number of ether oxygens (including phenoxy) is 1. The van der Waals surface area contributed by atoms with Gasteiger partial charge in [-0.1, -0.05) is 6.08 Å². The molecule has 0 aromatic rings. The summed E-state index contributed by atoms with van der Waals surface area (Å²) in [5.74, 6) is -0.845. The molecule has 1 atom stereocenters. The standard InChI is InChI=1S/C5H8O2.C3H6O/c1-3-4(2)5(6)7;1-3-2-4-3/h3H,1-2H3,(H,6,7);3H,2H2,1H3. The number of carboxylic acid groups (broad SMARTS) is 1. The lowest BCUT2D eigenvalue weighted by Gasteiger charge is -1.84. The van der Waals surface area contributed by atoms with E-state index in [1.54, 1.807) is 19.9 Å². The summed E-state index contributed by atoms with van der Waals surface area (Å²) in [4.78, 5) is 9.86. The van der Waals surface area contributed by atoms with E-state index < -0.39 is 5.97 Å². The second kappa shape index (κ2) is 4.91. The largest absolute Gasteiger partial charge is 0.478 e. The summed E-state index contributed by atoms with van der Waals surface area (Å²) >= 11 is 0. The third-order valence-electron chi connectivity index (χ3n) is 1.27. The van der Waals surface area contributed by atoms with Crippen LogP contribution < -0.4 is 0 Å². The minimum atomic E-state index is -0.845. The van der Waals surface area contributed by atoms with Crippen molar-refractivity contribution < 1.29 is 14.6 Å². The SMILES string of the molecule is CC1CO1.CC=C(C)C(=O)O. The number of carboxylic acids is 1. The van der Waals surface area contributed by atoms with Crippen LogP contribution in [-0.2, 0) is 9.53 Å². The van der Waals surface area contributed by atoms with E-state index in [-0.39, 0.29) is 0 Å². The van der Waals surface area contributed by atoms with Crippen LogP contribution >= 0.6 is 0 Å². The van der Waals surface area contributed by atoms with E-state index in [2.05, 4.69) is 6.92 Å². The van der Waals surface area contributed by atoms with Gasteiger partial charge in [0.1, 0.15) is 0 Å². The maximum Gasteiger partial charge on any atom is 0.330 e. The number of hydrogen-bond acceptors (Lipinski definition) is 2. The highest BCUT2D eigenvalue weighted by Gasteiger charge is 2.13. The number of allylic oxidation sites excluding steroid dienone is 1. The van der Waals surface area contributed by atoms with Crippen molar-refractivity contribution >= 4 is 5.97 Å². The summed E-state index contributed by atoms with van der Waals surface area (Å²) in [7, 11) is 0. The van der Waals surface area contributed by atoms with Crippen LogP contribution in [0.3, 0.4) is 0 Å². The summed E-state index contributed by atoms with van der Waals surface area (Å²) in [6, 6.07) is 0. The van der Waals surface area contributed by atoms with Crippen LogP contribution in [0, 0.1) is 0 Å². The zero-order valence-corrected chi connectivity index (χ0v) is 7.13. The van der Waals surface area contributed by atoms with Crippen molar-refractivity contribution in [3.8, 4) is 0 Å². The van der Waals surface area contributed by atoms with Crippen LogP contribution in [0.4, 0.5) is 0 Å². The first kappa shape index (κ1) is 10.2. The Morgan fingerprint density at radius 1 is 1.73 bits per heavy atom. The summed E-state index contributed by atoms with van der Waals surface area (Å²) in [6.07, 6.45) is 2.14. The molecule has 0 aliphatic carbocycles. The monoisotopic (exact) mass is 158 g/mol. The fourth-order valence-corrected chi connectivity index (χ4v) is 0.220. The van der Waals surface area contributed by atoms with E-state index in [1.807, 2.05) is 0 Å². The van der Waals surface area contributed by atoms with Crippen LogP contribution in [0.1, 0.15) is 20.8 Å². The van der Waals surface area contributed by atoms with Gasteiger partial charge in [0, 0.05) is 5.57 Å². The molecule has 1 fully saturated rings. The Kier molecular flexibility index (Phi) is 4.54. The second-order valence-corrected chi connectivity index (χ2v) is 2.42. The molecule has 0 spiro atoms. The first-order valence-corrected chi connectivity index (χ1v) is 3.55. The third kappa shape index (κ3) is 7.06. The van der Waals surface area contributed by atoms with E-state index in [1.165, 1.54) is 0 Å². The van der Waals surface area contributed by atoms with Crippen LogP contribution in [-0.4, -0.2) is 23.8 Å². The average molecular weight is 158 g/mol. The van der Waals surface area contributed by atoms with Gasteiger partial charge in [0.2, 0.25) is 0 Å². The molecular weight excluding hydrogens is 144 g/mol. The number of rotatable bonds is 1. The first-order chi connectivity index (χ1) is 5.07. The Hall–Kier alpha value is -0.830. The van der Waals surface area contributed by atoms with Crippen LogP contribution in [0.25, 0.3) is 0 Å². The minimum Gasteiger partial charge on any atom is -0.478 e. The minimum absolute atomic E-state index is 0.389. The molecule has 1 aliphatic rings. The number of carbonyl (C=O) groups is 1.